The van der Waals surface area contributed by atoms with Gasteiger partial charge in [0.1, 0.15) is 5.01 Å². The summed E-state index contributed by atoms with van der Waals surface area (Å²) in [6, 6.07) is 10.4. The summed E-state index contributed by atoms with van der Waals surface area (Å²) in [6.45, 7) is 4.98. The van der Waals surface area contributed by atoms with E-state index < -0.39 is 0 Å². The lowest BCUT2D eigenvalue weighted by molar-refractivity contribution is -0.129. The molecule has 2 aromatic heterocycles. The van der Waals surface area contributed by atoms with Crippen LogP contribution in [0.4, 0.5) is 0 Å². The van der Waals surface area contributed by atoms with E-state index in [9.17, 15) is 4.79 Å². The van der Waals surface area contributed by atoms with Crippen molar-refractivity contribution in [1.82, 2.24) is 19.5 Å². The lowest BCUT2D eigenvalue weighted by Gasteiger charge is -2.34. The Morgan fingerprint density at radius 3 is 2.89 bits per heavy atom. The van der Waals surface area contributed by atoms with Crippen molar-refractivity contribution >= 4 is 28.3 Å². The fourth-order valence-electron chi connectivity index (χ4n) is 3.78. The molecule has 3 aromatic rings. The smallest absolute Gasteiger partial charge is 0.246 e. The number of hydrogen-bond donors (Lipinski definition) is 0. The van der Waals surface area contributed by atoms with E-state index in [-0.39, 0.29) is 5.91 Å². The quantitative estimate of drug-likeness (QED) is 0.623. The summed E-state index contributed by atoms with van der Waals surface area (Å²) in [7, 11) is 0. The molecule has 1 atom stereocenters. The summed E-state index contributed by atoms with van der Waals surface area (Å²) < 4.78 is 1.85. The second-order valence-electron chi connectivity index (χ2n) is 6.95. The molecular formula is C21H24N4OS. The molecule has 4 rings (SSSR count). The zero-order valence-electron chi connectivity index (χ0n) is 15.8. The summed E-state index contributed by atoms with van der Waals surface area (Å²) in [5.41, 5.74) is 2.76. The van der Waals surface area contributed by atoms with Gasteiger partial charge in [0.25, 0.3) is 0 Å². The third-order valence-electron chi connectivity index (χ3n) is 5.15. The van der Waals surface area contributed by atoms with Crippen molar-refractivity contribution in [2.45, 2.75) is 45.6 Å². The molecule has 5 nitrogen and oxygen atoms in total. The number of likely N-dealkylation sites (tertiary alicyclic amines) is 1. The molecule has 3 heterocycles. The van der Waals surface area contributed by atoms with E-state index in [4.69, 9.17) is 4.98 Å². The van der Waals surface area contributed by atoms with Crippen molar-refractivity contribution in [1.29, 1.82) is 0 Å². The number of carbonyl (C=O) groups is 1. The molecular weight excluding hydrogens is 356 g/mol. The number of piperidine rings is 1. The number of aryl methyl sites for hydroxylation is 1. The largest absolute Gasteiger partial charge is 0.336 e. The van der Waals surface area contributed by atoms with Crippen LogP contribution in [-0.2, 0) is 4.79 Å². The molecule has 1 fully saturated rings. The molecule has 1 aliphatic rings. The van der Waals surface area contributed by atoms with E-state index in [1.54, 1.807) is 17.4 Å². The molecule has 1 aliphatic heterocycles. The van der Waals surface area contributed by atoms with Crippen LogP contribution in [0.15, 0.2) is 36.4 Å². The Morgan fingerprint density at radius 2 is 2.11 bits per heavy atom. The number of imidazole rings is 1. The molecule has 6 heteroatoms. The van der Waals surface area contributed by atoms with Crippen molar-refractivity contribution in [2.75, 3.05) is 6.54 Å². The number of fused-ring (bicyclic) bond motifs is 1. The molecule has 1 saturated heterocycles. The van der Waals surface area contributed by atoms with E-state index in [1.807, 2.05) is 52.7 Å². The number of aromatic nitrogens is 3. The normalized spacial score (nSPS) is 17.9. The van der Waals surface area contributed by atoms with Gasteiger partial charge in [-0.3, -0.25) is 4.79 Å². The first-order chi connectivity index (χ1) is 13.2. The van der Waals surface area contributed by atoms with Crippen LogP contribution in [0, 0.1) is 6.92 Å². The number of hydrogen-bond acceptors (Lipinski definition) is 4. The van der Waals surface area contributed by atoms with Gasteiger partial charge in [0.15, 0.2) is 0 Å². The SMILES string of the molecule is CC[C@H]1CCCCN1C(=O)/C=C/c1c(-c2ccccc2)nc2sc(C)nn12. The van der Waals surface area contributed by atoms with Crippen LogP contribution in [0.3, 0.4) is 0 Å². The number of carbonyl (C=O) groups excluding carboxylic acids is 1. The number of rotatable bonds is 4. The van der Waals surface area contributed by atoms with Crippen molar-refractivity contribution in [3.05, 3.63) is 47.1 Å². The summed E-state index contributed by atoms with van der Waals surface area (Å²) in [5.74, 6) is 0.0856. The summed E-state index contributed by atoms with van der Waals surface area (Å²) in [4.78, 5) is 20.5. The Balaban J connectivity index is 1.70. The van der Waals surface area contributed by atoms with Crippen LogP contribution < -0.4 is 0 Å². The fourth-order valence-corrected chi connectivity index (χ4v) is 4.53. The molecule has 140 valence electrons. The van der Waals surface area contributed by atoms with Crippen LogP contribution in [0.2, 0.25) is 0 Å². The lowest BCUT2D eigenvalue weighted by atomic mass is 10.00. The highest BCUT2D eigenvalue weighted by molar-refractivity contribution is 7.16. The first-order valence-electron chi connectivity index (χ1n) is 9.57. The molecule has 0 spiro atoms. The Morgan fingerprint density at radius 1 is 1.30 bits per heavy atom. The minimum absolute atomic E-state index is 0.0856. The predicted molar refractivity (Wildman–Crippen MR) is 110 cm³/mol. The van der Waals surface area contributed by atoms with E-state index in [2.05, 4.69) is 12.0 Å². The predicted octanol–water partition coefficient (Wildman–Crippen LogP) is 4.57. The van der Waals surface area contributed by atoms with Gasteiger partial charge in [-0.2, -0.15) is 5.10 Å². The highest BCUT2D eigenvalue weighted by Gasteiger charge is 2.24. The van der Waals surface area contributed by atoms with E-state index >= 15 is 0 Å². The molecule has 0 bridgehead atoms. The standard InChI is InChI=1S/C21H24N4OS/c1-3-17-11-7-8-14-24(17)19(26)13-12-18-20(16-9-5-4-6-10-16)22-21-25(18)23-15(2)27-21/h4-6,9-10,12-13,17H,3,7-8,11,14H2,1-2H3/b13-12+/t17-/m0/s1. The molecule has 1 amide bonds. The van der Waals surface area contributed by atoms with Gasteiger partial charge in [0.05, 0.1) is 11.4 Å². The Hall–Kier alpha value is -2.47. The van der Waals surface area contributed by atoms with E-state index in [0.717, 1.165) is 52.7 Å². The molecule has 0 radical (unpaired) electrons. The monoisotopic (exact) mass is 380 g/mol. The zero-order chi connectivity index (χ0) is 18.8. The molecule has 0 saturated carbocycles. The highest BCUT2D eigenvalue weighted by atomic mass is 32.1. The second kappa shape index (κ2) is 7.64. The fraction of sp³-hybridized carbons (Fsp3) is 0.381. The molecule has 0 N–H and O–H groups in total. The van der Waals surface area contributed by atoms with Crippen molar-refractivity contribution in [3.63, 3.8) is 0 Å². The van der Waals surface area contributed by atoms with Gasteiger partial charge in [-0.25, -0.2) is 9.50 Å². The Labute approximate surface area is 163 Å². The maximum atomic E-state index is 12.8. The number of benzene rings is 1. The minimum Gasteiger partial charge on any atom is -0.336 e. The third-order valence-corrected chi connectivity index (χ3v) is 5.98. The van der Waals surface area contributed by atoms with Crippen LogP contribution in [0.1, 0.15) is 43.3 Å². The molecule has 1 aromatic carbocycles. The topological polar surface area (TPSA) is 50.5 Å². The van der Waals surface area contributed by atoms with Gasteiger partial charge in [0.2, 0.25) is 10.9 Å². The maximum absolute atomic E-state index is 12.8. The van der Waals surface area contributed by atoms with E-state index in [0.29, 0.717) is 6.04 Å². The van der Waals surface area contributed by atoms with Crippen molar-refractivity contribution in [2.24, 2.45) is 0 Å². The first kappa shape index (κ1) is 17.9. The lowest BCUT2D eigenvalue weighted by Crippen LogP contribution is -2.42. The first-order valence-corrected chi connectivity index (χ1v) is 10.4. The Bertz CT molecular complexity index is 973. The highest BCUT2D eigenvalue weighted by Crippen LogP contribution is 2.28. The second-order valence-corrected chi connectivity index (χ2v) is 8.11. The van der Waals surface area contributed by atoms with Crippen LogP contribution in [0.25, 0.3) is 22.3 Å². The van der Waals surface area contributed by atoms with Gasteiger partial charge in [0, 0.05) is 24.2 Å². The average Bonchev–Trinajstić information content (AvgIpc) is 3.22. The number of amides is 1. The van der Waals surface area contributed by atoms with Gasteiger partial charge in [-0.15, -0.1) is 0 Å². The Kier molecular flexibility index (Phi) is 5.07. The molecule has 27 heavy (non-hydrogen) atoms. The zero-order valence-corrected chi connectivity index (χ0v) is 16.6. The van der Waals surface area contributed by atoms with Gasteiger partial charge in [-0.1, -0.05) is 48.6 Å². The van der Waals surface area contributed by atoms with Crippen LogP contribution >= 0.6 is 11.3 Å². The van der Waals surface area contributed by atoms with E-state index in [1.165, 1.54) is 6.42 Å². The summed E-state index contributed by atoms with van der Waals surface area (Å²) in [6.07, 6.45) is 7.99. The van der Waals surface area contributed by atoms with Gasteiger partial charge >= 0.3 is 0 Å². The third kappa shape index (κ3) is 3.54. The van der Waals surface area contributed by atoms with Crippen LogP contribution in [-0.4, -0.2) is 38.0 Å². The van der Waals surface area contributed by atoms with Gasteiger partial charge in [-0.05, 0) is 38.7 Å². The van der Waals surface area contributed by atoms with Gasteiger partial charge < -0.3 is 4.90 Å². The van der Waals surface area contributed by atoms with Crippen LogP contribution in [0.5, 0.6) is 0 Å². The number of nitrogens with zero attached hydrogens (tertiary/aromatic N) is 4. The minimum atomic E-state index is 0.0856. The van der Waals surface area contributed by atoms with Crippen molar-refractivity contribution in [3.8, 4) is 11.3 Å². The average molecular weight is 381 g/mol. The summed E-state index contributed by atoms with van der Waals surface area (Å²) in [5, 5.41) is 5.54. The molecule has 0 unspecified atom stereocenters. The summed E-state index contributed by atoms with van der Waals surface area (Å²) >= 11 is 1.56. The van der Waals surface area contributed by atoms with Crippen molar-refractivity contribution < 1.29 is 4.79 Å². The maximum Gasteiger partial charge on any atom is 0.246 e. The molecule has 0 aliphatic carbocycles.